The van der Waals surface area contributed by atoms with Crippen molar-refractivity contribution in [2.45, 2.75) is 12.8 Å². The number of aromatic nitrogens is 4. The maximum absolute atomic E-state index is 13.5. The molecular formula is C26H27ClN6O3S. The second kappa shape index (κ2) is 11.6. The standard InChI is InChI=1S/C26H27ClN6O3S/c1-30(2)14-15-31(3)26(36)20-16-19(32-13-5-4-6-25(32)35)8-9-21(20)33-17-18(28-29-33)7-10-22(34)23-11-12-24(27)37-23/h4-6,8-9,11-13,16-17H,7,10,14-15H2,1-3H3. The van der Waals surface area contributed by atoms with Crippen molar-refractivity contribution in [2.75, 3.05) is 34.2 Å². The molecule has 0 saturated heterocycles. The second-order valence-electron chi connectivity index (χ2n) is 8.82. The molecule has 0 unspecified atom stereocenters. The number of halogens is 1. The molecule has 0 saturated carbocycles. The highest BCUT2D eigenvalue weighted by Gasteiger charge is 2.20. The predicted octanol–water partition coefficient (Wildman–Crippen LogP) is 3.58. The molecule has 11 heteroatoms. The van der Waals surface area contributed by atoms with E-state index < -0.39 is 0 Å². The Kier molecular flexibility index (Phi) is 8.32. The van der Waals surface area contributed by atoms with Gasteiger partial charge >= 0.3 is 0 Å². The summed E-state index contributed by atoms with van der Waals surface area (Å²) in [4.78, 5) is 42.6. The van der Waals surface area contributed by atoms with Crippen molar-refractivity contribution in [1.29, 1.82) is 0 Å². The maximum atomic E-state index is 13.5. The van der Waals surface area contributed by atoms with Crippen molar-refractivity contribution in [2.24, 2.45) is 0 Å². The third-order valence-electron chi connectivity index (χ3n) is 5.78. The van der Waals surface area contributed by atoms with Gasteiger partial charge in [-0.2, -0.15) is 0 Å². The molecule has 1 amide bonds. The van der Waals surface area contributed by atoms with Crippen LogP contribution in [0.3, 0.4) is 0 Å². The SMILES string of the molecule is CN(C)CCN(C)C(=O)c1cc(-n2ccccc2=O)ccc1-n1cc(CCC(=O)c2ccc(Cl)s2)nn1. The summed E-state index contributed by atoms with van der Waals surface area (Å²) in [5, 5.41) is 8.44. The van der Waals surface area contributed by atoms with Crippen LogP contribution < -0.4 is 5.56 Å². The normalized spacial score (nSPS) is 11.2. The van der Waals surface area contributed by atoms with E-state index in [2.05, 4.69) is 10.3 Å². The van der Waals surface area contributed by atoms with Gasteiger partial charge in [-0.25, -0.2) is 4.68 Å². The molecule has 0 bridgehead atoms. The summed E-state index contributed by atoms with van der Waals surface area (Å²) >= 11 is 7.19. The van der Waals surface area contributed by atoms with Crippen LogP contribution in [0.1, 0.15) is 32.1 Å². The van der Waals surface area contributed by atoms with Crippen molar-refractivity contribution in [3.8, 4) is 11.4 Å². The van der Waals surface area contributed by atoms with Gasteiger partial charge in [0.2, 0.25) is 0 Å². The van der Waals surface area contributed by atoms with Gasteiger partial charge in [0, 0.05) is 50.9 Å². The number of aryl methyl sites for hydroxylation is 1. The van der Waals surface area contributed by atoms with E-state index in [-0.39, 0.29) is 23.7 Å². The average molecular weight is 539 g/mol. The number of hydrogen-bond donors (Lipinski definition) is 0. The summed E-state index contributed by atoms with van der Waals surface area (Å²) in [6, 6.07) is 13.5. The zero-order chi connectivity index (χ0) is 26.5. The van der Waals surface area contributed by atoms with Crippen LogP contribution in [0.5, 0.6) is 0 Å². The molecule has 3 aromatic heterocycles. The van der Waals surface area contributed by atoms with E-state index in [0.717, 1.165) is 0 Å². The minimum atomic E-state index is -0.204. The van der Waals surface area contributed by atoms with E-state index in [1.165, 1.54) is 26.7 Å². The van der Waals surface area contributed by atoms with Crippen LogP contribution in [0.15, 0.2) is 65.7 Å². The molecule has 0 aliphatic carbocycles. The van der Waals surface area contributed by atoms with Crippen LogP contribution in [0.2, 0.25) is 4.34 Å². The van der Waals surface area contributed by atoms with Crippen molar-refractivity contribution in [3.05, 3.63) is 91.7 Å². The maximum Gasteiger partial charge on any atom is 0.255 e. The van der Waals surface area contributed by atoms with E-state index in [4.69, 9.17) is 11.6 Å². The smallest absolute Gasteiger partial charge is 0.255 e. The van der Waals surface area contributed by atoms with Crippen molar-refractivity contribution >= 4 is 34.6 Å². The lowest BCUT2D eigenvalue weighted by atomic mass is 10.1. The largest absolute Gasteiger partial charge is 0.340 e. The Morgan fingerprint density at radius 3 is 2.57 bits per heavy atom. The number of thiophene rings is 1. The molecule has 1 aromatic carbocycles. The van der Waals surface area contributed by atoms with Crippen LogP contribution >= 0.6 is 22.9 Å². The zero-order valence-electron chi connectivity index (χ0n) is 20.8. The molecule has 0 atom stereocenters. The van der Waals surface area contributed by atoms with Crippen LogP contribution in [0, 0.1) is 0 Å². The third kappa shape index (κ3) is 6.40. The van der Waals surface area contributed by atoms with Gasteiger partial charge in [0.25, 0.3) is 11.5 Å². The molecule has 4 aromatic rings. The summed E-state index contributed by atoms with van der Waals surface area (Å²) in [7, 11) is 5.63. The molecule has 0 spiro atoms. The van der Waals surface area contributed by atoms with Gasteiger partial charge in [-0.15, -0.1) is 16.4 Å². The van der Waals surface area contributed by atoms with Crippen LogP contribution in [-0.2, 0) is 6.42 Å². The van der Waals surface area contributed by atoms with Crippen LogP contribution in [0.25, 0.3) is 11.4 Å². The topological polar surface area (TPSA) is 93.3 Å². The van der Waals surface area contributed by atoms with Crippen LogP contribution in [0.4, 0.5) is 0 Å². The van der Waals surface area contributed by atoms with E-state index in [1.54, 1.807) is 66.8 Å². The van der Waals surface area contributed by atoms with E-state index in [9.17, 15) is 14.4 Å². The minimum absolute atomic E-state index is 0.0116. The fourth-order valence-electron chi connectivity index (χ4n) is 3.70. The molecule has 0 radical (unpaired) electrons. The molecule has 3 heterocycles. The molecular weight excluding hydrogens is 512 g/mol. The molecule has 0 aliphatic heterocycles. The predicted molar refractivity (Wildman–Crippen MR) is 144 cm³/mol. The number of likely N-dealkylation sites (N-methyl/N-ethyl adjacent to an activating group) is 2. The monoisotopic (exact) mass is 538 g/mol. The zero-order valence-corrected chi connectivity index (χ0v) is 22.4. The minimum Gasteiger partial charge on any atom is -0.340 e. The Morgan fingerprint density at radius 1 is 1.05 bits per heavy atom. The van der Waals surface area contributed by atoms with Crippen molar-refractivity contribution in [1.82, 2.24) is 29.4 Å². The summed E-state index contributed by atoms with van der Waals surface area (Å²) < 4.78 is 3.59. The number of benzene rings is 1. The first kappa shape index (κ1) is 26.5. The highest BCUT2D eigenvalue weighted by Crippen LogP contribution is 2.24. The Bertz CT molecular complexity index is 1470. The van der Waals surface area contributed by atoms with Crippen molar-refractivity contribution in [3.63, 3.8) is 0 Å². The van der Waals surface area contributed by atoms with Gasteiger partial charge in [0.1, 0.15) is 0 Å². The number of pyridine rings is 1. The number of Topliss-reactive ketones (excluding diaryl/α,β-unsaturated/α-hetero) is 1. The molecule has 0 N–H and O–H groups in total. The lowest BCUT2D eigenvalue weighted by Crippen LogP contribution is -2.34. The quantitative estimate of drug-likeness (QED) is 0.286. The van der Waals surface area contributed by atoms with Gasteiger partial charge in [-0.05, 0) is 50.5 Å². The molecule has 9 nitrogen and oxygen atoms in total. The number of carbonyl (C=O) groups is 2. The Balaban J connectivity index is 1.63. The fraction of sp³-hybridized carbons (Fsp3) is 0.269. The summed E-state index contributed by atoms with van der Waals surface area (Å²) in [6.45, 7) is 1.23. The van der Waals surface area contributed by atoms with Crippen molar-refractivity contribution < 1.29 is 9.59 Å². The lowest BCUT2D eigenvalue weighted by Gasteiger charge is -2.21. The first-order valence-corrected chi connectivity index (χ1v) is 12.8. The highest BCUT2D eigenvalue weighted by atomic mass is 35.5. The summed E-state index contributed by atoms with van der Waals surface area (Å²) in [5.74, 6) is -0.216. The third-order valence-corrected chi connectivity index (χ3v) is 7.06. The summed E-state index contributed by atoms with van der Waals surface area (Å²) in [5.41, 5.74) is 1.91. The highest BCUT2D eigenvalue weighted by molar-refractivity contribution is 7.18. The van der Waals surface area contributed by atoms with Gasteiger partial charge in [-0.1, -0.05) is 22.9 Å². The Labute approximate surface area is 223 Å². The average Bonchev–Trinajstić information content (AvgIpc) is 3.54. The van der Waals surface area contributed by atoms with Crippen LogP contribution in [-0.4, -0.2) is 75.3 Å². The number of ketones is 1. The summed E-state index contributed by atoms with van der Waals surface area (Å²) in [6.07, 6.45) is 4.05. The number of hydrogen-bond acceptors (Lipinski definition) is 7. The first-order valence-electron chi connectivity index (χ1n) is 11.7. The molecule has 0 fully saturated rings. The van der Waals surface area contributed by atoms with E-state index in [1.807, 2.05) is 19.0 Å². The molecule has 4 rings (SSSR count). The first-order chi connectivity index (χ1) is 17.7. The molecule has 37 heavy (non-hydrogen) atoms. The van der Waals surface area contributed by atoms with E-state index in [0.29, 0.717) is 51.4 Å². The number of amides is 1. The molecule has 192 valence electrons. The Morgan fingerprint density at radius 2 is 1.86 bits per heavy atom. The fourth-order valence-corrected chi connectivity index (χ4v) is 4.71. The molecule has 0 aliphatic rings. The number of rotatable bonds is 10. The number of carbonyl (C=O) groups excluding carboxylic acids is 2. The van der Waals surface area contributed by atoms with Gasteiger partial charge in [0.05, 0.1) is 32.4 Å². The second-order valence-corrected chi connectivity index (χ2v) is 10.5. The number of nitrogens with zero attached hydrogens (tertiary/aromatic N) is 6. The van der Waals surface area contributed by atoms with Gasteiger partial charge in [0.15, 0.2) is 5.78 Å². The Hall–Kier alpha value is -3.60. The van der Waals surface area contributed by atoms with Gasteiger partial charge < -0.3 is 9.80 Å². The van der Waals surface area contributed by atoms with E-state index >= 15 is 0 Å². The van der Waals surface area contributed by atoms with Gasteiger partial charge in [-0.3, -0.25) is 19.0 Å². The lowest BCUT2D eigenvalue weighted by molar-refractivity contribution is 0.0786.